The second-order valence-electron chi connectivity index (χ2n) is 9.28. The van der Waals surface area contributed by atoms with Crippen LogP contribution in [0.3, 0.4) is 0 Å². The molecule has 178 valence electrons. The molecular weight excluding hydrogens is 404 g/mol. The van der Waals surface area contributed by atoms with Crippen LogP contribution < -0.4 is 21.5 Å². The summed E-state index contributed by atoms with van der Waals surface area (Å²) in [4.78, 5) is 17.5. The third-order valence-corrected chi connectivity index (χ3v) is 6.69. The molecule has 9 heteroatoms. The van der Waals surface area contributed by atoms with Crippen LogP contribution in [0, 0.1) is 11.8 Å². The van der Waals surface area contributed by atoms with Gasteiger partial charge in [-0.25, -0.2) is 19.2 Å². The van der Waals surface area contributed by atoms with E-state index in [9.17, 15) is 13.6 Å². The summed E-state index contributed by atoms with van der Waals surface area (Å²) < 4.78 is 32.4. The first-order valence-electron chi connectivity index (χ1n) is 12.0. The number of rotatable bonds is 7. The van der Waals surface area contributed by atoms with Gasteiger partial charge in [-0.2, -0.15) is 0 Å². The molecule has 2 aliphatic carbocycles. The zero-order chi connectivity index (χ0) is 22.2. The molecule has 7 nitrogen and oxygen atoms in total. The molecule has 31 heavy (non-hydrogen) atoms. The number of nitrogens with zero attached hydrogens (tertiary/aromatic N) is 1. The molecule has 1 heterocycles. The SMILES string of the molecule is CCOC[C@H](C)N/C(=N/C1CC(C2CCC(F)CC2)NN1)NC(=O)C1CCC(F)CC1. The minimum Gasteiger partial charge on any atom is -0.380 e. The zero-order valence-electron chi connectivity index (χ0n) is 18.8. The van der Waals surface area contributed by atoms with Gasteiger partial charge in [-0.05, 0) is 71.1 Å². The minimum atomic E-state index is -0.792. The Bertz CT molecular complexity index is 592. The average Bonchev–Trinajstić information content (AvgIpc) is 3.21. The van der Waals surface area contributed by atoms with E-state index in [0.717, 1.165) is 19.3 Å². The highest BCUT2D eigenvalue weighted by Gasteiger charge is 2.33. The normalized spacial score (nSPS) is 35.5. The van der Waals surface area contributed by atoms with Crippen LogP contribution in [0.5, 0.6) is 0 Å². The van der Waals surface area contributed by atoms with Gasteiger partial charge in [0, 0.05) is 31.0 Å². The molecule has 3 fully saturated rings. The number of guanidine groups is 1. The van der Waals surface area contributed by atoms with Crippen molar-refractivity contribution in [1.82, 2.24) is 21.5 Å². The first kappa shape index (κ1) is 24.3. The van der Waals surface area contributed by atoms with Crippen LogP contribution in [0.15, 0.2) is 4.99 Å². The zero-order valence-corrected chi connectivity index (χ0v) is 18.8. The number of nitrogens with one attached hydrogen (secondary N) is 4. The summed E-state index contributed by atoms with van der Waals surface area (Å²) in [6, 6.07) is 0.226. The largest absolute Gasteiger partial charge is 0.380 e. The molecular formula is C22H39F2N5O2. The Morgan fingerprint density at radius 2 is 1.71 bits per heavy atom. The molecule has 0 aromatic heterocycles. The van der Waals surface area contributed by atoms with Gasteiger partial charge in [0.1, 0.15) is 18.5 Å². The van der Waals surface area contributed by atoms with Crippen molar-refractivity contribution in [3.05, 3.63) is 0 Å². The Hall–Kier alpha value is -1.32. The highest BCUT2D eigenvalue weighted by Crippen LogP contribution is 2.31. The second kappa shape index (κ2) is 12.1. The smallest absolute Gasteiger partial charge is 0.229 e. The van der Waals surface area contributed by atoms with Crippen LogP contribution >= 0.6 is 0 Å². The van der Waals surface area contributed by atoms with Gasteiger partial charge in [0.25, 0.3) is 0 Å². The molecule has 3 aliphatic rings. The summed E-state index contributed by atoms with van der Waals surface area (Å²) in [7, 11) is 0. The Kier molecular flexibility index (Phi) is 9.47. The van der Waals surface area contributed by atoms with E-state index < -0.39 is 12.3 Å². The van der Waals surface area contributed by atoms with Crippen LogP contribution in [0.4, 0.5) is 8.78 Å². The lowest BCUT2D eigenvalue weighted by atomic mass is 9.82. The van der Waals surface area contributed by atoms with Crippen LogP contribution in [0.25, 0.3) is 0 Å². The fraction of sp³-hybridized carbons (Fsp3) is 0.909. The molecule has 4 N–H and O–H groups in total. The number of hydrazine groups is 1. The first-order chi connectivity index (χ1) is 14.9. The first-order valence-corrected chi connectivity index (χ1v) is 12.0. The second-order valence-corrected chi connectivity index (χ2v) is 9.28. The lowest BCUT2D eigenvalue weighted by molar-refractivity contribution is -0.124. The minimum absolute atomic E-state index is 0.0226. The predicted octanol–water partition coefficient (Wildman–Crippen LogP) is 2.72. The summed E-state index contributed by atoms with van der Waals surface area (Å²) in [5.41, 5.74) is 6.54. The van der Waals surface area contributed by atoms with E-state index >= 15 is 0 Å². The standard InChI is InChI=1S/C22H39F2N5O2/c1-3-31-13-14(2)25-22(27-21(30)16-6-10-18(24)11-7-16)26-20-12-19(28-29-20)15-4-8-17(23)9-5-15/h14-20,28-29H,3-13H2,1-2H3,(H2,25,26,27,30)/t14-,15?,16?,17?,18?,19?,20?/m0/s1. The van der Waals surface area contributed by atoms with Crippen molar-refractivity contribution in [2.75, 3.05) is 13.2 Å². The van der Waals surface area contributed by atoms with E-state index in [1.165, 1.54) is 0 Å². The molecule has 2 saturated carbocycles. The molecule has 0 aromatic rings. The molecule has 1 saturated heterocycles. The van der Waals surface area contributed by atoms with Gasteiger partial charge in [-0.1, -0.05) is 0 Å². The van der Waals surface area contributed by atoms with Gasteiger partial charge >= 0.3 is 0 Å². The fourth-order valence-corrected chi connectivity index (χ4v) is 4.80. The van der Waals surface area contributed by atoms with E-state index in [2.05, 4.69) is 21.5 Å². The number of amides is 1. The average molecular weight is 444 g/mol. The van der Waals surface area contributed by atoms with Gasteiger partial charge in [0.15, 0.2) is 5.96 Å². The molecule has 0 spiro atoms. The summed E-state index contributed by atoms with van der Waals surface area (Å²) in [6.07, 6.45) is 4.21. The third kappa shape index (κ3) is 7.64. The maximum Gasteiger partial charge on any atom is 0.229 e. The van der Waals surface area contributed by atoms with Gasteiger partial charge in [-0.15, -0.1) is 0 Å². The van der Waals surface area contributed by atoms with Gasteiger partial charge in [0.05, 0.1) is 6.61 Å². The van der Waals surface area contributed by atoms with Crippen molar-refractivity contribution in [1.29, 1.82) is 0 Å². The lowest BCUT2D eigenvalue weighted by Crippen LogP contribution is -2.49. The predicted molar refractivity (Wildman–Crippen MR) is 117 cm³/mol. The molecule has 2 unspecified atom stereocenters. The van der Waals surface area contributed by atoms with Crippen molar-refractivity contribution in [3.63, 3.8) is 0 Å². The van der Waals surface area contributed by atoms with Crippen molar-refractivity contribution in [2.24, 2.45) is 16.8 Å². The molecule has 0 aromatic carbocycles. The number of aliphatic imine (C=N–C) groups is 1. The number of ether oxygens (including phenoxy) is 1. The summed E-state index contributed by atoms with van der Waals surface area (Å²) in [5, 5.41) is 6.20. The van der Waals surface area contributed by atoms with Gasteiger partial charge < -0.3 is 10.1 Å². The molecule has 1 aliphatic heterocycles. The molecule has 3 rings (SSSR count). The van der Waals surface area contributed by atoms with E-state index in [0.29, 0.717) is 63.6 Å². The highest BCUT2D eigenvalue weighted by molar-refractivity contribution is 5.98. The number of halogens is 2. The van der Waals surface area contributed by atoms with Crippen LogP contribution in [0.1, 0.15) is 71.6 Å². The van der Waals surface area contributed by atoms with Crippen LogP contribution in [-0.4, -0.2) is 55.7 Å². The fourth-order valence-electron chi connectivity index (χ4n) is 4.80. The Labute approximate surface area is 184 Å². The van der Waals surface area contributed by atoms with Crippen LogP contribution in [0.2, 0.25) is 0 Å². The van der Waals surface area contributed by atoms with E-state index in [1.54, 1.807) is 0 Å². The Morgan fingerprint density at radius 3 is 2.35 bits per heavy atom. The topological polar surface area (TPSA) is 86.8 Å². The van der Waals surface area contributed by atoms with Crippen molar-refractivity contribution in [2.45, 2.75) is 102 Å². The third-order valence-electron chi connectivity index (χ3n) is 6.69. The number of alkyl halides is 2. The monoisotopic (exact) mass is 443 g/mol. The number of carbonyl (C=O) groups excluding carboxylic acids is 1. The number of hydrogen-bond donors (Lipinski definition) is 4. The van der Waals surface area contributed by atoms with Crippen molar-refractivity contribution < 1.29 is 18.3 Å². The summed E-state index contributed by atoms with van der Waals surface area (Å²) in [5.74, 6) is 0.579. The number of hydrogen-bond acceptors (Lipinski definition) is 5. The molecule has 0 bridgehead atoms. The molecule has 3 atom stereocenters. The van der Waals surface area contributed by atoms with E-state index in [4.69, 9.17) is 9.73 Å². The van der Waals surface area contributed by atoms with Crippen LogP contribution in [-0.2, 0) is 9.53 Å². The number of carbonyl (C=O) groups is 1. The summed E-state index contributed by atoms with van der Waals surface area (Å²) >= 11 is 0. The molecule has 1 amide bonds. The Morgan fingerprint density at radius 1 is 1.06 bits per heavy atom. The van der Waals surface area contributed by atoms with E-state index in [-0.39, 0.29) is 30.1 Å². The highest BCUT2D eigenvalue weighted by atomic mass is 19.1. The Balaban J connectivity index is 1.58. The van der Waals surface area contributed by atoms with Gasteiger partial charge in [0.2, 0.25) is 5.91 Å². The van der Waals surface area contributed by atoms with Crippen molar-refractivity contribution >= 4 is 11.9 Å². The molecule has 0 radical (unpaired) electrons. The van der Waals surface area contributed by atoms with E-state index in [1.807, 2.05) is 13.8 Å². The maximum atomic E-state index is 13.5. The quantitative estimate of drug-likeness (QED) is 0.359. The maximum absolute atomic E-state index is 13.5. The lowest BCUT2D eigenvalue weighted by Gasteiger charge is -2.28. The van der Waals surface area contributed by atoms with Crippen molar-refractivity contribution in [3.8, 4) is 0 Å². The van der Waals surface area contributed by atoms with Gasteiger partial charge in [-0.3, -0.25) is 15.5 Å². The summed E-state index contributed by atoms with van der Waals surface area (Å²) in [6.45, 7) is 5.04.